The fourth-order valence-electron chi connectivity index (χ4n) is 0.777. The number of rotatable bonds is 4. The van der Waals surface area contributed by atoms with Gasteiger partial charge in [0, 0.05) is 11.0 Å². The molecule has 4 nitrogen and oxygen atoms in total. The van der Waals surface area contributed by atoms with E-state index < -0.39 is 5.91 Å². The van der Waals surface area contributed by atoms with Crippen molar-refractivity contribution in [1.29, 1.82) is 0 Å². The lowest BCUT2D eigenvalue weighted by atomic mass is 10.4. The lowest BCUT2D eigenvalue weighted by Crippen LogP contribution is -2.32. The van der Waals surface area contributed by atoms with Crippen LogP contribution in [0.15, 0.2) is 23.6 Å². The summed E-state index contributed by atoms with van der Waals surface area (Å²) in [6.45, 7) is -0.131. The Morgan fingerprint density at radius 1 is 1.57 bits per heavy atom. The minimum Gasteiger partial charge on any atom is -0.368 e. The Balaban J connectivity index is 2.37. The molecule has 0 saturated carbocycles. The average molecular weight is 210 g/mol. The SMILES string of the molecule is NC(=O)CNC(=O)/C=C/c1cccs1. The molecular formula is C9H10N2O2S. The van der Waals surface area contributed by atoms with Crippen molar-refractivity contribution in [2.75, 3.05) is 6.54 Å². The van der Waals surface area contributed by atoms with Crippen LogP contribution in [-0.2, 0) is 9.59 Å². The van der Waals surface area contributed by atoms with Crippen molar-refractivity contribution >= 4 is 29.2 Å². The maximum Gasteiger partial charge on any atom is 0.244 e. The molecule has 74 valence electrons. The number of carbonyl (C=O) groups is 2. The molecule has 1 heterocycles. The summed E-state index contributed by atoms with van der Waals surface area (Å²) in [5, 5.41) is 4.27. The molecule has 0 radical (unpaired) electrons. The number of carbonyl (C=O) groups excluding carboxylic acids is 2. The summed E-state index contributed by atoms with van der Waals surface area (Å²) in [6.07, 6.45) is 3.05. The first-order valence-electron chi connectivity index (χ1n) is 3.96. The second kappa shape index (κ2) is 5.18. The Labute approximate surface area is 85.4 Å². The number of primary amides is 1. The van der Waals surface area contributed by atoms with Crippen LogP contribution in [0.5, 0.6) is 0 Å². The number of hydrogen-bond donors (Lipinski definition) is 2. The van der Waals surface area contributed by atoms with E-state index >= 15 is 0 Å². The van der Waals surface area contributed by atoms with Crippen molar-refractivity contribution in [3.63, 3.8) is 0 Å². The lowest BCUT2D eigenvalue weighted by molar-refractivity contribution is -0.122. The number of nitrogens with two attached hydrogens (primary N) is 1. The van der Waals surface area contributed by atoms with Crippen LogP contribution in [0.2, 0.25) is 0 Å². The van der Waals surface area contributed by atoms with Gasteiger partial charge in [-0.1, -0.05) is 6.07 Å². The topological polar surface area (TPSA) is 72.2 Å². The zero-order chi connectivity index (χ0) is 10.4. The van der Waals surface area contributed by atoms with Gasteiger partial charge < -0.3 is 11.1 Å². The van der Waals surface area contributed by atoms with E-state index in [0.29, 0.717) is 0 Å². The highest BCUT2D eigenvalue weighted by atomic mass is 32.1. The second-order valence-corrected chi connectivity index (χ2v) is 3.51. The van der Waals surface area contributed by atoms with Gasteiger partial charge in [0.25, 0.3) is 0 Å². The Morgan fingerprint density at radius 2 is 2.36 bits per heavy atom. The van der Waals surface area contributed by atoms with Crippen molar-refractivity contribution in [1.82, 2.24) is 5.32 Å². The van der Waals surface area contributed by atoms with Crippen LogP contribution >= 0.6 is 11.3 Å². The van der Waals surface area contributed by atoms with E-state index in [0.717, 1.165) is 4.88 Å². The monoisotopic (exact) mass is 210 g/mol. The molecule has 0 aromatic carbocycles. The predicted molar refractivity (Wildman–Crippen MR) is 55.6 cm³/mol. The van der Waals surface area contributed by atoms with Gasteiger partial charge >= 0.3 is 0 Å². The first-order valence-corrected chi connectivity index (χ1v) is 4.84. The molecule has 0 aliphatic carbocycles. The molecule has 5 heteroatoms. The molecule has 1 aromatic rings. The van der Waals surface area contributed by atoms with Crippen molar-refractivity contribution in [3.8, 4) is 0 Å². The van der Waals surface area contributed by atoms with Gasteiger partial charge in [-0.05, 0) is 17.5 Å². The first kappa shape index (κ1) is 10.5. The molecule has 14 heavy (non-hydrogen) atoms. The van der Waals surface area contributed by atoms with Crippen molar-refractivity contribution in [2.24, 2.45) is 5.73 Å². The Bertz CT molecular complexity index is 344. The Hall–Kier alpha value is -1.62. The van der Waals surface area contributed by atoms with Crippen LogP contribution in [0, 0.1) is 0 Å². The zero-order valence-corrected chi connectivity index (χ0v) is 8.21. The maximum atomic E-state index is 11.0. The third-order valence-corrected chi connectivity index (χ3v) is 2.22. The van der Waals surface area contributed by atoms with Gasteiger partial charge in [-0.3, -0.25) is 9.59 Å². The number of thiophene rings is 1. The molecule has 0 bridgehead atoms. The zero-order valence-electron chi connectivity index (χ0n) is 7.40. The second-order valence-electron chi connectivity index (χ2n) is 2.53. The van der Waals surface area contributed by atoms with E-state index in [4.69, 9.17) is 5.73 Å². The quantitative estimate of drug-likeness (QED) is 0.704. The smallest absolute Gasteiger partial charge is 0.244 e. The summed E-state index contributed by atoms with van der Waals surface area (Å²) in [6, 6.07) is 3.79. The van der Waals surface area contributed by atoms with E-state index in [1.807, 2.05) is 17.5 Å². The summed E-state index contributed by atoms with van der Waals surface area (Å²) in [5.74, 6) is -0.875. The molecule has 1 aromatic heterocycles. The molecule has 0 aliphatic rings. The fourth-order valence-corrected chi connectivity index (χ4v) is 1.40. The molecule has 0 unspecified atom stereocenters. The minimum absolute atomic E-state index is 0.131. The van der Waals surface area contributed by atoms with Gasteiger partial charge in [0.2, 0.25) is 11.8 Å². The first-order chi connectivity index (χ1) is 6.68. The standard InChI is InChI=1S/C9H10N2O2S/c10-8(12)6-11-9(13)4-3-7-2-1-5-14-7/h1-5H,6H2,(H2,10,12)(H,11,13)/b4-3+. The molecule has 0 aliphatic heterocycles. The summed E-state index contributed by atoms with van der Waals surface area (Å²) in [7, 11) is 0. The van der Waals surface area contributed by atoms with Crippen molar-refractivity contribution in [2.45, 2.75) is 0 Å². The summed E-state index contributed by atoms with van der Waals surface area (Å²) >= 11 is 1.53. The van der Waals surface area contributed by atoms with Gasteiger partial charge in [0.15, 0.2) is 0 Å². The number of amides is 2. The number of hydrogen-bond acceptors (Lipinski definition) is 3. The van der Waals surface area contributed by atoms with Crippen LogP contribution in [0.25, 0.3) is 6.08 Å². The van der Waals surface area contributed by atoms with Crippen LogP contribution < -0.4 is 11.1 Å². The Morgan fingerprint density at radius 3 is 2.93 bits per heavy atom. The summed E-state index contributed by atoms with van der Waals surface area (Å²) < 4.78 is 0. The average Bonchev–Trinajstić information content (AvgIpc) is 2.63. The van der Waals surface area contributed by atoms with Crippen LogP contribution in [0.1, 0.15) is 4.88 Å². The maximum absolute atomic E-state index is 11.0. The number of nitrogens with one attached hydrogen (secondary N) is 1. The highest BCUT2D eigenvalue weighted by Gasteiger charge is 1.97. The predicted octanol–water partition coefficient (Wildman–Crippen LogP) is 0.363. The molecular weight excluding hydrogens is 200 g/mol. The van der Waals surface area contributed by atoms with Crippen molar-refractivity contribution in [3.05, 3.63) is 28.5 Å². The van der Waals surface area contributed by atoms with Gasteiger partial charge in [0.05, 0.1) is 6.54 Å². The minimum atomic E-state index is -0.553. The van der Waals surface area contributed by atoms with E-state index in [1.54, 1.807) is 6.08 Å². The molecule has 2 amide bonds. The Kier molecular flexibility index (Phi) is 3.87. The van der Waals surface area contributed by atoms with E-state index in [1.165, 1.54) is 17.4 Å². The van der Waals surface area contributed by atoms with Gasteiger partial charge in [-0.2, -0.15) is 0 Å². The van der Waals surface area contributed by atoms with Crippen LogP contribution in [-0.4, -0.2) is 18.4 Å². The largest absolute Gasteiger partial charge is 0.368 e. The van der Waals surface area contributed by atoms with E-state index in [2.05, 4.69) is 5.32 Å². The molecule has 0 atom stereocenters. The van der Waals surface area contributed by atoms with E-state index in [9.17, 15) is 9.59 Å². The molecule has 3 N–H and O–H groups in total. The van der Waals surface area contributed by atoms with Gasteiger partial charge in [-0.25, -0.2) is 0 Å². The third kappa shape index (κ3) is 3.86. The van der Waals surface area contributed by atoms with Crippen LogP contribution in [0.3, 0.4) is 0 Å². The van der Waals surface area contributed by atoms with Gasteiger partial charge in [-0.15, -0.1) is 11.3 Å². The van der Waals surface area contributed by atoms with Gasteiger partial charge in [0.1, 0.15) is 0 Å². The van der Waals surface area contributed by atoms with E-state index in [-0.39, 0.29) is 12.5 Å². The molecule has 1 rings (SSSR count). The normalized spacial score (nSPS) is 10.3. The lowest BCUT2D eigenvalue weighted by Gasteiger charge is -1.95. The summed E-state index contributed by atoms with van der Waals surface area (Å²) in [5.41, 5.74) is 4.86. The highest BCUT2D eigenvalue weighted by molar-refractivity contribution is 7.10. The molecule has 0 spiro atoms. The summed E-state index contributed by atoms with van der Waals surface area (Å²) in [4.78, 5) is 22.3. The molecule has 0 saturated heterocycles. The molecule has 0 fully saturated rings. The third-order valence-electron chi connectivity index (χ3n) is 1.38. The fraction of sp³-hybridized carbons (Fsp3) is 0.111. The highest BCUT2D eigenvalue weighted by Crippen LogP contribution is 2.09. The van der Waals surface area contributed by atoms with Crippen molar-refractivity contribution < 1.29 is 9.59 Å². The van der Waals surface area contributed by atoms with Crippen LogP contribution in [0.4, 0.5) is 0 Å².